The molecule has 0 spiro atoms. The normalized spacial score (nSPS) is 15.0. The van der Waals surface area contributed by atoms with Gasteiger partial charge < -0.3 is 35.2 Å². The Balaban J connectivity index is 1.99. The molecule has 0 aliphatic heterocycles. The highest BCUT2D eigenvalue weighted by Gasteiger charge is 2.42. The van der Waals surface area contributed by atoms with E-state index in [4.69, 9.17) is 9.47 Å². The summed E-state index contributed by atoms with van der Waals surface area (Å²) in [6, 6.07) is 8.81. The molecule has 0 heterocycles. The van der Waals surface area contributed by atoms with Crippen LogP contribution < -0.4 is 15.4 Å². The lowest BCUT2D eigenvalue weighted by atomic mass is 9.88. The molecule has 0 aromatic heterocycles. The number of aromatic hydroxyl groups is 1. The van der Waals surface area contributed by atoms with Crippen molar-refractivity contribution in [2.24, 2.45) is 0 Å². The zero-order chi connectivity index (χ0) is 28.0. The summed E-state index contributed by atoms with van der Waals surface area (Å²) >= 11 is 0. The molecule has 1 aliphatic carbocycles. The lowest BCUT2D eigenvalue weighted by Gasteiger charge is -2.43. The number of aliphatic hydroxyl groups is 1. The number of rotatable bonds is 9. The molecule has 2 aromatic carbocycles. The van der Waals surface area contributed by atoms with Crippen molar-refractivity contribution in [1.82, 2.24) is 10.2 Å². The van der Waals surface area contributed by atoms with Crippen LogP contribution in [0.1, 0.15) is 57.2 Å². The Hall–Kier alpha value is -3.79. The maximum atomic E-state index is 13.9. The molecule has 2 atom stereocenters. The van der Waals surface area contributed by atoms with Crippen LogP contribution in [-0.2, 0) is 14.3 Å². The molecule has 3 rings (SSSR count). The van der Waals surface area contributed by atoms with Crippen molar-refractivity contribution in [1.29, 1.82) is 0 Å². The summed E-state index contributed by atoms with van der Waals surface area (Å²) < 4.78 is 10.5. The second kappa shape index (κ2) is 12.2. The summed E-state index contributed by atoms with van der Waals surface area (Å²) in [5, 5.41) is 25.5. The number of carbonyl (C=O) groups excluding carboxylic acids is 3. The molecule has 0 saturated heterocycles. The van der Waals surface area contributed by atoms with Gasteiger partial charge in [0.2, 0.25) is 5.91 Å². The Morgan fingerprint density at radius 3 is 2.26 bits per heavy atom. The number of nitrogens with zero attached hydrogens (tertiary/aromatic N) is 1. The molecular weight excluding hydrogens is 490 g/mol. The topological polar surface area (TPSA) is 137 Å². The summed E-state index contributed by atoms with van der Waals surface area (Å²) in [5.74, 6) is -0.401. The molecule has 0 bridgehead atoms. The van der Waals surface area contributed by atoms with Crippen LogP contribution in [0.25, 0.3) is 0 Å². The van der Waals surface area contributed by atoms with E-state index < -0.39 is 42.2 Å². The molecule has 0 radical (unpaired) electrons. The number of carbonyl (C=O) groups is 3. The highest BCUT2D eigenvalue weighted by molar-refractivity contribution is 5.99. The standard InChI is InChI=1S/C28H37N3O7/c1-17-15-18(9-14-23(17)33)24(25(34)29-19-10-12-21(37-5)13-11-19)31(20-7-6-8-20)26(35)22(16-32)30-27(36)38-28(2,3)4/h9-15,20,22,24,32-33H,6-8,16H2,1-5H3,(H,29,34)(H,30,36). The number of hydrogen-bond donors (Lipinski definition) is 4. The smallest absolute Gasteiger partial charge is 0.408 e. The second-order valence-corrected chi connectivity index (χ2v) is 10.4. The molecule has 38 heavy (non-hydrogen) atoms. The van der Waals surface area contributed by atoms with Crippen molar-refractivity contribution < 1.29 is 34.1 Å². The summed E-state index contributed by atoms with van der Waals surface area (Å²) in [6.45, 7) is 6.09. The molecule has 206 valence electrons. The molecule has 10 nitrogen and oxygen atoms in total. The van der Waals surface area contributed by atoms with Crippen LogP contribution in [0.2, 0.25) is 0 Å². The van der Waals surface area contributed by atoms with E-state index in [1.54, 1.807) is 71.2 Å². The Bertz CT molecular complexity index is 1140. The molecular formula is C28H37N3O7. The SMILES string of the molecule is COc1ccc(NC(=O)C(c2ccc(O)c(C)c2)N(C(=O)C(CO)NC(=O)OC(C)(C)C)C2CCC2)cc1. The van der Waals surface area contributed by atoms with E-state index in [1.807, 2.05) is 0 Å². The van der Waals surface area contributed by atoms with Gasteiger partial charge in [-0.3, -0.25) is 9.59 Å². The van der Waals surface area contributed by atoms with Gasteiger partial charge in [0.25, 0.3) is 5.91 Å². The van der Waals surface area contributed by atoms with E-state index in [1.165, 1.54) is 11.0 Å². The van der Waals surface area contributed by atoms with Gasteiger partial charge in [-0.2, -0.15) is 0 Å². The molecule has 2 unspecified atom stereocenters. The van der Waals surface area contributed by atoms with Crippen molar-refractivity contribution >= 4 is 23.6 Å². The van der Waals surface area contributed by atoms with Crippen LogP contribution >= 0.6 is 0 Å². The maximum absolute atomic E-state index is 13.9. The highest BCUT2D eigenvalue weighted by atomic mass is 16.6. The summed E-state index contributed by atoms with van der Waals surface area (Å²) in [4.78, 5) is 41.5. The lowest BCUT2D eigenvalue weighted by Crippen LogP contribution is -2.58. The third-order valence-corrected chi connectivity index (χ3v) is 6.31. The van der Waals surface area contributed by atoms with Crippen LogP contribution in [-0.4, -0.2) is 64.4 Å². The quantitative estimate of drug-likeness (QED) is 0.391. The fraction of sp³-hybridized carbons (Fsp3) is 0.464. The van der Waals surface area contributed by atoms with Gasteiger partial charge in [-0.1, -0.05) is 6.07 Å². The van der Waals surface area contributed by atoms with E-state index in [9.17, 15) is 24.6 Å². The first kappa shape index (κ1) is 28.8. The van der Waals surface area contributed by atoms with E-state index in [0.717, 1.165) is 6.42 Å². The Kier molecular flexibility index (Phi) is 9.22. The Morgan fingerprint density at radius 1 is 1.11 bits per heavy atom. The number of nitrogens with one attached hydrogen (secondary N) is 2. The van der Waals surface area contributed by atoms with E-state index >= 15 is 0 Å². The predicted molar refractivity (Wildman–Crippen MR) is 142 cm³/mol. The number of phenolic OH excluding ortho intramolecular Hbond substituents is 1. The van der Waals surface area contributed by atoms with Gasteiger partial charge >= 0.3 is 6.09 Å². The molecule has 3 amide bonds. The monoisotopic (exact) mass is 527 g/mol. The fourth-order valence-corrected chi connectivity index (χ4v) is 4.17. The van der Waals surface area contributed by atoms with Crippen molar-refractivity contribution in [2.75, 3.05) is 19.0 Å². The fourth-order valence-electron chi connectivity index (χ4n) is 4.17. The molecule has 1 saturated carbocycles. The van der Waals surface area contributed by atoms with Crippen LogP contribution in [0.3, 0.4) is 0 Å². The second-order valence-electron chi connectivity index (χ2n) is 10.4. The van der Waals surface area contributed by atoms with Gasteiger partial charge in [0, 0.05) is 11.7 Å². The summed E-state index contributed by atoms with van der Waals surface area (Å²) in [7, 11) is 1.54. The zero-order valence-corrected chi connectivity index (χ0v) is 22.5. The largest absolute Gasteiger partial charge is 0.508 e. The van der Waals surface area contributed by atoms with Gasteiger partial charge in [0.15, 0.2) is 0 Å². The first-order chi connectivity index (χ1) is 17.9. The number of benzene rings is 2. The van der Waals surface area contributed by atoms with Crippen molar-refractivity contribution in [3.8, 4) is 11.5 Å². The minimum atomic E-state index is -1.32. The van der Waals surface area contributed by atoms with Crippen molar-refractivity contribution in [2.45, 2.75) is 70.7 Å². The van der Waals surface area contributed by atoms with Crippen molar-refractivity contribution in [3.63, 3.8) is 0 Å². The molecule has 1 aliphatic rings. The minimum absolute atomic E-state index is 0.0596. The summed E-state index contributed by atoms with van der Waals surface area (Å²) in [5.41, 5.74) is 0.727. The van der Waals surface area contributed by atoms with Gasteiger partial charge in [0.1, 0.15) is 29.2 Å². The maximum Gasteiger partial charge on any atom is 0.408 e. The number of hydrogen-bond acceptors (Lipinski definition) is 7. The number of methoxy groups -OCH3 is 1. The molecule has 10 heteroatoms. The minimum Gasteiger partial charge on any atom is -0.508 e. The number of aryl methyl sites for hydroxylation is 1. The van der Waals surface area contributed by atoms with Gasteiger partial charge in [0.05, 0.1) is 13.7 Å². The van der Waals surface area contributed by atoms with Gasteiger partial charge in [-0.05, 0) is 94.5 Å². The van der Waals surface area contributed by atoms with Crippen LogP contribution in [0.5, 0.6) is 11.5 Å². The van der Waals surface area contributed by atoms with Gasteiger partial charge in [-0.25, -0.2) is 4.79 Å². The Morgan fingerprint density at radius 2 is 1.76 bits per heavy atom. The van der Waals surface area contributed by atoms with Gasteiger partial charge in [-0.15, -0.1) is 0 Å². The van der Waals surface area contributed by atoms with Crippen molar-refractivity contribution in [3.05, 3.63) is 53.6 Å². The van der Waals surface area contributed by atoms with E-state index in [-0.39, 0.29) is 11.8 Å². The number of amides is 3. The van der Waals surface area contributed by atoms with Crippen LogP contribution in [0.15, 0.2) is 42.5 Å². The van der Waals surface area contributed by atoms with E-state index in [2.05, 4.69) is 10.6 Å². The average molecular weight is 528 g/mol. The number of anilines is 1. The number of aliphatic hydroxyl groups excluding tert-OH is 1. The first-order valence-corrected chi connectivity index (χ1v) is 12.6. The third kappa shape index (κ3) is 7.16. The number of phenols is 1. The third-order valence-electron chi connectivity index (χ3n) is 6.31. The Labute approximate surface area is 222 Å². The predicted octanol–water partition coefficient (Wildman–Crippen LogP) is 3.66. The zero-order valence-electron chi connectivity index (χ0n) is 22.5. The number of ether oxygens (including phenoxy) is 2. The summed E-state index contributed by atoms with van der Waals surface area (Å²) in [6.07, 6.45) is 1.36. The highest BCUT2D eigenvalue weighted by Crippen LogP contribution is 2.35. The molecule has 1 fully saturated rings. The molecule has 4 N–H and O–H groups in total. The van der Waals surface area contributed by atoms with E-state index in [0.29, 0.717) is 35.4 Å². The average Bonchev–Trinajstić information content (AvgIpc) is 2.82. The lowest BCUT2D eigenvalue weighted by molar-refractivity contribution is -0.146. The van der Waals surface area contributed by atoms with Crippen LogP contribution in [0.4, 0.5) is 10.5 Å². The number of alkyl carbamates (subject to hydrolysis) is 1. The first-order valence-electron chi connectivity index (χ1n) is 12.6. The van der Waals surface area contributed by atoms with Crippen LogP contribution in [0, 0.1) is 6.92 Å². The molecule has 2 aromatic rings.